The predicted octanol–water partition coefficient (Wildman–Crippen LogP) is 2.85. The molecule has 1 aliphatic rings. The van der Waals surface area contributed by atoms with Gasteiger partial charge in [0, 0.05) is 30.4 Å². The van der Waals surface area contributed by atoms with Crippen molar-refractivity contribution in [3.8, 4) is 0 Å². The monoisotopic (exact) mass is 361 g/mol. The fraction of sp³-hybridized carbons (Fsp3) is 0.250. The smallest absolute Gasteiger partial charge is 0.263 e. The summed E-state index contributed by atoms with van der Waals surface area (Å²) in [4.78, 5) is 28.5. The lowest BCUT2D eigenvalue weighted by molar-refractivity contribution is -0.115. The van der Waals surface area contributed by atoms with Crippen LogP contribution in [-0.2, 0) is 4.79 Å². The van der Waals surface area contributed by atoms with E-state index in [4.69, 9.17) is 16.6 Å². The molecule has 0 spiro atoms. The number of thioether (sulfide) groups is 1. The normalized spacial score (nSPS) is 16.0. The molecule has 2 aromatic rings. The number of pyridine rings is 1. The number of thiocarbonyl (C=S) groups is 1. The van der Waals surface area contributed by atoms with Gasteiger partial charge in [-0.1, -0.05) is 37.3 Å². The average molecular weight is 361 g/mol. The van der Waals surface area contributed by atoms with Crippen LogP contribution in [0.15, 0.2) is 27.8 Å². The molecule has 3 rings (SSSR count). The van der Waals surface area contributed by atoms with Crippen molar-refractivity contribution in [3.05, 3.63) is 34.7 Å². The first-order valence-electron chi connectivity index (χ1n) is 7.49. The molecule has 1 saturated heterocycles. The highest BCUT2D eigenvalue weighted by Crippen LogP contribution is 2.29. The number of hydrogen-bond acceptors (Lipinski definition) is 6. The Morgan fingerprint density at radius 1 is 1.50 bits per heavy atom. The van der Waals surface area contributed by atoms with E-state index in [-0.39, 0.29) is 11.8 Å². The van der Waals surface area contributed by atoms with Gasteiger partial charge in [0.05, 0.1) is 4.91 Å². The Morgan fingerprint density at radius 2 is 2.33 bits per heavy atom. The van der Waals surface area contributed by atoms with E-state index in [0.29, 0.717) is 38.1 Å². The molecule has 0 aliphatic carbocycles. The van der Waals surface area contributed by atoms with Crippen LogP contribution in [0, 0.1) is 0 Å². The largest absolute Gasteiger partial charge is 0.456 e. The maximum Gasteiger partial charge on any atom is 0.263 e. The van der Waals surface area contributed by atoms with Gasteiger partial charge in [-0.3, -0.25) is 14.6 Å². The molecular formula is C16H15N3O3S2. The molecule has 1 fully saturated rings. The SMILES string of the molecule is CCCCNC(=O)c1cncc2cc(/C=C3\SC(=S)NC3=O)oc12. The number of fused-ring (bicyclic) bond motifs is 1. The number of carbonyl (C=O) groups excluding carboxylic acids is 2. The molecule has 2 amide bonds. The molecule has 2 N–H and O–H groups in total. The number of rotatable bonds is 5. The first kappa shape index (κ1) is 16.7. The van der Waals surface area contributed by atoms with Gasteiger partial charge >= 0.3 is 0 Å². The van der Waals surface area contributed by atoms with Gasteiger partial charge in [-0.25, -0.2) is 0 Å². The third kappa shape index (κ3) is 3.49. The van der Waals surface area contributed by atoms with Crippen molar-refractivity contribution in [2.24, 2.45) is 0 Å². The van der Waals surface area contributed by atoms with E-state index in [1.807, 2.05) is 0 Å². The molecule has 124 valence electrons. The molecule has 0 unspecified atom stereocenters. The topological polar surface area (TPSA) is 84.2 Å². The standard InChI is InChI=1S/C16H15N3O3S2/c1-2-3-4-18-14(20)11-8-17-7-9-5-10(22-13(9)11)6-12-15(21)19-16(23)24-12/h5-8H,2-4H2,1H3,(H,18,20)(H,19,21,23)/b12-6-. The molecule has 0 radical (unpaired) electrons. The fourth-order valence-corrected chi connectivity index (χ4v) is 3.26. The first-order valence-corrected chi connectivity index (χ1v) is 8.71. The summed E-state index contributed by atoms with van der Waals surface area (Å²) in [5, 5.41) is 6.10. The van der Waals surface area contributed by atoms with E-state index in [0.717, 1.165) is 12.8 Å². The second-order valence-corrected chi connectivity index (χ2v) is 6.93. The Bertz CT molecular complexity index is 857. The predicted molar refractivity (Wildman–Crippen MR) is 97.6 cm³/mol. The molecule has 1 aliphatic heterocycles. The van der Waals surface area contributed by atoms with Crippen LogP contribution in [-0.4, -0.2) is 27.7 Å². The molecule has 0 aromatic carbocycles. The van der Waals surface area contributed by atoms with Crippen molar-refractivity contribution in [1.29, 1.82) is 0 Å². The molecule has 24 heavy (non-hydrogen) atoms. The minimum absolute atomic E-state index is 0.218. The highest BCUT2D eigenvalue weighted by Gasteiger charge is 2.23. The van der Waals surface area contributed by atoms with Crippen LogP contribution in [0.1, 0.15) is 35.9 Å². The lowest BCUT2D eigenvalue weighted by Crippen LogP contribution is -2.24. The molecule has 3 heterocycles. The highest BCUT2D eigenvalue weighted by atomic mass is 32.2. The number of nitrogens with one attached hydrogen (secondary N) is 2. The summed E-state index contributed by atoms with van der Waals surface area (Å²) in [5.41, 5.74) is 0.837. The number of aromatic nitrogens is 1. The Hall–Kier alpha value is -2.19. The minimum Gasteiger partial charge on any atom is -0.456 e. The van der Waals surface area contributed by atoms with Gasteiger partial charge < -0.3 is 15.1 Å². The van der Waals surface area contributed by atoms with Crippen LogP contribution in [0.2, 0.25) is 0 Å². The average Bonchev–Trinajstić information content (AvgIpc) is 3.09. The van der Waals surface area contributed by atoms with Gasteiger partial charge in [0.15, 0.2) is 5.58 Å². The van der Waals surface area contributed by atoms with Crippen LogP contribution in [0.3, 0.4) is 0 Å². The van der Waals surface area contributed by atoms with Gasteiger partial charge in [-0.15, -0.1) is 0 Å². The van der Waals surface area contributed by atoms with E-state index < -0.39 is 0 Å². The Kier molecular flexibility index (Phi) is 4.96. The number of furan rings is 1. The summed E-state index contributed by atoms with van der Waals surface area (Å²) < 4.78 is 6.17. The van der Waals surface area contributed by atoms with Gasteiger partial charge in [0.1, 0.15) is 15.6 Å². The summed E-state index contributed by atoms with van der Waals surface area (Å²) in [6.45, 7) is 2.67. The van der Waals surface area contributed by atoms with Crippen molar-refractivity contribution >= 4 is 57.2 Å². The lowest BCUT2D eigenvalue weighted by Gasteiger charge is -2.04. The molecule has 6 nitrogen and oxygen atoms in total. The second kappa shape index (κ2) is 7.14. The molecule has 2 aromatic heterocycles. The van der Waals surface area contributed by atoms with E-state index in [1.54, 1.807) is 18.3 Å². The van der Waals surface area contributed by atoms with Crippen molar-refractivity contribution in [2.45, 2.75) is 19.8 Å². The summed E-state index contributed by atoms with van der Waals surface area (Å²) in [5.74, 6) is 0.00772. The summed E-state index contributed by atoms with van der Waals surface area (Å²) in [6, 6.07) is 1.74. The summed E-state index contributed by atoms with van der Waals surface area (Å²) >= 11 is 6.14. The van der Waals surface area contributed by atoms with Crippen molar-refractivity contribution in [2.75, 3.05) is 6.54 Å². The molecular weight excluding hydrogens is 346 g/mol. The lowest BCUT2D eigenvalue weighted by atomic mass is 10.2. The minimum atomic E-state index is -0.249. The number of carbonyl (C=O) groups is 2. The molecule has 0 bridgehead atoms. The first-order chi connectivity index (χ1) is 11.6. The van der Waals surface area contributed by atoms with E-state index in [2.05, 4.69) is 22.5 Å². The number of hydrogen-bond donors (Lipinski definition) is 2. The van der Waals surface area contributed by atoms with Gasteiger partial charge in [-0.2, -0.15) is 0 Å². The third-order valence-corrected chi connectivity index (χ3v) is 4.58. The maximum absolute atomic E-state index is 12.3. The van der Waals surface area contributed by atoms with Crippen molar-refractivity contribution in [3.63, 3.8) is 0 Å². The molecule has 8 heteroatoms. The van der Waals surface area contributed by atoms with E-state index in [1.165, 1.54) is 18.0 Å². The number of amides is 2. The number of unbranched alkanes of at least 4 members (excludes halogenated alkanes) is 1. The third-order valence-electron chi connectivity index (χ3n) is 3.42. The van der Waals surface area contributed by atoms with Crippen LogP contribution in [0.5, 0.6) is 0 Å². The van der Waals surface area contributed by atoms with Crippen molar-refractivity contribution < 1.29 is 14.0 Å². The van der Waals surface area contributed by atoms with Gasteiger partial charge in [-0.05, 0) is 12.5 Å². The Balaban J connectivity index is 1.90. The van der Waals surface area contributed by atoms with Gasteiger partial charge in [0.2, 0.25) is 0 Å². The molecule has 0 saturated carbocycles. The van der Waals surface area contributed by atoms with Crippen molar-refractivity contribution in [1.82, 2.24) is 15.6 Å². The van der Waals surface area contributed by atoms with Gasteiger partial charge in [0.25, 0.3) is 11.8 Å². The zero-order valence-electron chi connectivity index (χ0n) is 12.9. The quantitative estimate of drug-likeness (QED) is 0.484. The van der Waals surface area contributed by atoms with E-state index >= 15 is 0 Å². The molecule has 0 atom stereocenters. The van der Waals surface area contributed by atoms with Crippen LogP contribution >= 0.6 is 24.0 Å². The zero-order valence-corrected chi connectivity index (χ0v) is 14.6. The van der Waals surface area contributed by atoms with E-state index in [9.17, 15) is 9.59 Å². The second-order valence-electron chi connectivity index (χ2n) is 5.22. The fourth-order valence-electron chi connectivity index (χ4n) is 2.24. The Morgan fingerprint density at radius 3 is 3.04 bits per heavy atom. The highest BCUT2D eigenvalue weighted by molar-refractivity contribution is 8.26. The van der Waals surface area contributed by atoms with Crippen LogP contribution in [0.25, 0.3) is 17.0 Å². The Labute approximate surface area is 148 Å². The maximum atomic E-state index is 12.3. The number of nitrogens with zero attached hydrogens (tertiary/aromatic N) is 1. The van der Waals surface area contributed by atoms with Crippen LogP contribution in [0.4, 0.5) is 0 Å². The summed E-state index contributed by atoms with van der Waals surface area (Å²) in [7, 11) is 0. The van der Waals surface area contributed by atoms with Crippen LogP contribution < -0.4 is 10.6 Å². The summed E-state index contributed by atoms with van der Waals surface area (Å²) in [6.07, 6.45) is 6.63. The zero-order chi connectivity index (χ0) is 17.1.